The second-order valence-electron chi connectivity index (χ2n) is 7.39. The fourth-order valence-corrected chi connectivity index (χ4v) is 6.92. The first-order valence-corrected chi connectivity index (χ1v) is 11.9. The van der Waals surface area contributed by atoms with Gasteiger partial charge in [0.1, 0.15) is 0 Å². The van der Waals surface area contributed by atoms with Crippen molar-refractivity contribution in [2.24, 2.45) is 10.9 Å². The summed E-state index contributed by atoms with van der Waals surface area (Å²) in [5, 5.41) is 9.00. The molecule has 1 atom stereocenters. The van der Waals surface area contributed by atoms with E-state index in [4.69, 9.17) is 0 Å². The molecular weight excluding hydrogens is 354 g/mol. The highest BCUT2D eigenvalue weighted by Crippen LogP contribution is 2.41. The van der Waals surface area contributed by atoms with Crippen molar-refractivity contribution in [2.45, 2.75) is 43.9 Å². The van der Waals surface area contributed by atoms with E-state index in [0.717, 1.165) is 18.9 Å². The molecule has 2 N–H and O–H groups in total. The minimum absolute atomic E-state index is 0.199. The van der Waals surface area contributed by atoms with Gasteiger partial charge in [0, 0.05) is 30.4 Å². The van der Waals surface area contributed by atoms with Crippen LogP contribution < -0.4 is 10.6 Å². The van der Waals surface area contributed by atoms with E-state index in [1.54, 1.807) is 7.05 Å². The van der Waals surface area contributed by atoms with Gasteiger partial charge in [0.15, 0.2) is 15.8 Å². The second kappa shape index (κ2) is 8.08. The van der Waals surface area contributed by atoms with Crippen LogP contribution in [-0.2, 0) is 15.3 Å². The number of thiophene rings is 1. The summed E-state index contributed by atoms with van der Waals surface area (Å²) in [6, 6.07) is 4.40. The first kappa shape index (κ1) is 18.7. The van der Waals surface area contributed by atoms with Gasteiger partial charge in [-0.05, 0) is 36.6 Å². The third kappa shape index (κ3) is 4.76. The summed E-state index contributed by atoms with van der Waals surface area (Å²) in [6.07, 6.45) is 7.09. The van der Waals surface area contributed by atoms with Crippen molar-refractivity contribution in [3.63, 3.8) is 0 Å². The van der Waals surface area contributed by atoms with E-state index in [1.807, 2.05) is 11.3 Å². The molecule has 2 fully saturated rings. The lowest BCUT2D eigenvalue weighted by molar-refractivity contribution is 0.296. The minimum atomic E-state index is -2.82. The fourth-order valence-electron chi connectivity index (χ4n) is 4.07. The van der Waals surface area contributed by atoms with Crippen LogP contribution in [0, 0.1) is 5.92 Å². The van der Waals surface area contributed by atoms with Crippen LogP contribution in [0.15, 0.2) is 22.5 Å². The van der Waals surface area contributed by atoms with E-state index < -0.39 is 9.84 Å². The van der Waals surface area contributed by atoms with E-state index in [1.165, 1.54) is 37.0 Å². The molecule has 1 aliphatic carbocycles. The number of rotatable bonds is 5. The fraction of sp³-hybridized carbons (Fsp3) is 0.722. The summed E-state index contributed by atoms with van der Waals surface area (Å²) in [4.78, 5) is 5.80. The van der Waals surface area contributed by atoms with E-state index in [-0.39, 0.29) is 11.3 Å². The van der Waals surface area contributed by atoms with Crippen molar-refractivity contribution < 1.29 is 8.42 Å². The maximum absolute atomic E-state index is 11.6. The first-order chi connectivity index (χ1) is 12.0. The molecule has 1 aromatic rings. The molecule has 1 aliphatic heterocycles. The summed E-state index contributed by atoms with van der Waals surface area (Å²) in [7, 11) is -1.04. The average molecular weight is 384 g/mol. The zero-order valence-electron chi connectivity index (χ0n) is 15.0. The summed E-state index contributed by atoms with van der Waals surface area (Å²) in [5.41, 5.74) is 0.209. The highest BCUT2D eigenvalue weighted by atomic mass is 32.2. The molecule has 0 bridgehead atoms. The van der Waals surface area contributed by atoms with Gasteiger partial charge < -0.3 is 10.6 Å². The zero-order chi connectivity index (χ0) is 17.8. The van der Waals surface area contributed by atoms with Crippen LogP contribution in [0.1, 0.15) is 43.4 Å². The number of hydrogen-bond acceptors (Lipinski definition) is 4. The molecule has 3 rings (SSSR count). The Bertz CT molecular complexity index is 677. The quantitative estimate of drug-likeness (QED) is 0.606. The summed E-state index contributed by atoms with van der Waals surface area (Å²) in [5.74, 6) is 1.61. The molecule has 1 saturated carbocycles. The summed E-state index contributed by atoms with van der Waals surface area (Å²) in [6.45, 7) is 1.56. The third-order valence-corrected chi connectivity index (χ3v) is 8.51. The largest absolute Gasteiger partial charge is 0.356 e. The molecule has 25 heavy (non-hydrogen) atoms. The van der Waals surface area contributed by atoms with Crippen LogP contribution in [0.3, 0.4) is 0 Å². The van der Waals surface area contributed by atoms with Crippen molar-refractivity contribution in [3.8, 4) is 0 Å². The summed E-state index contributed by atoms with van der Waals surface area (Å²) < 4.78 is 23.2. The lowest BCUT2D eigenvalue weighted by Gasteiger charge is -2.37. The van der Waals surface area contributed by atoms with Crippen LogP contribution in [0.25, 0.3) is 0 Å². The average Bonchev–Trinajstić information content (AvgIpc) is 3.26. The molecule has 2 heterocycles. The molecule has 140 valence electrons. The topological polar surface area (TPSA) is 70.6 Å². The molecule has 0 radical (unpaired) electrons. The summed E-state index contributed by atoms with van der Waals surface area (Å²) >= 11 is 1.85. The zero-order valence-corrected chi connectivity index (χ0v) is 16.6. The molecule has 7 heteroatoms. The maximum atomic E-state index is 11.6. The van der Waals surface area contributed by atoms with Gasteiger partial charge >= 0.3 is 0 Å². The van der Waals surface area contributed by atoms with Gasteiger partial charge in [0.2, 0.25) is 0 Å². The van der Waals surface area contributed by atoms with Crippen LogP contribution >= 0.6 is 11.3 Å². The van der Waals surface area contributed by atoms with Crippen molar-refractivity contribution in [2.75, 3.05) is 31.6 Å². The Morgan fingerprint density at radius 3 is 2.72 bits per heavy atom. The highest BCUT2D eigenvalue weighted by Gasteiger charge is 2.35. The van der Waals surface area contributed by atoms with Gasteiger partial charge in [-0.15, -0.1) is 11.3 Å². The van der Waals surface area contributed by atoms with Crippen LogP contribution in [-0.4, -0.2) is 46.0 Å². The molecule has 0 aromatic carbocycles. The Kier molecular flexibility index (Phi) is 6.04. The molecular formula is C18H29N3O2S2. The first-order valence-electron chi connectivity index (χ1n) is 9.22. The molecule has 0 spiro atoms. The lowest BCUT2D eigenvalue weighted by atomic mass is 9.73. The lowest BCUT2D eigenvalue weighted by Crippen LogP contribution is -2.47. The highest BCUT2D eigenvalue weighted by molar-refractivity contribution is 7.91. The van der Waals surface area contributed by atoms with Crippen molar-refractivity contribution >= 4 is 27.1 Å². The van der Waals surface area contributed by atoms with Gasteiger partial charge in [-0.1, -0.05) is 25.3 Å². The van der Waals surface area contributed by atoms with Crippen LogP contribution in [0.4, 0.5) is 0 Å². The molecule has 1 saturated heterocycles. The number of aliphatic imine (C=N–C) groups is 1. The number of guanidine groups is 1. The predicted molar refractivity (Wildman–Crippen MR) is 105 cm³/mol. The van der Waals surface area contributed by atoms with E-state index >= 15 is 0 Å². The van der Waals surface area contributed by atoms with Crippen molar-refractivity contribution in [1.29, 1.82) is 0 Å². The Morgan fingerprint density at radius 2 is 2.12 bits per heavy atom. The Balaban J connectivity index is 1.56. The SMILES string of the molecule is CN=C(NCC1CCS(=O)(=O)C1)NCC1(c2cccs2)CCCCC1. The number of sulfone groups is 1. The molecule has 5 nitrogen and oxygen atoms in total. The normalized spacial score (nSPS) is 25.6. The minimum Gasteiger partial charge on any atom is -0.356 e. The monoisotopic (exact) mass is 383 g/mol. The Morgan fingerprint density at radius 1 is 1.32 bits per heavy atom. The van der Waals surface area contributed by atoms with Gasteiger partial charge in [0.05, 0.1) is 11.5 Å². The van der Waals surface area contributed by atoms with Gasteiger partial charge in [-0.2, -0.15) is 0 Å². The van der Waals surface area contributed by atoms with E-state index in [9.17, 15) is 8.42 Å². The predicted octanol–water partition coefficient (Wildman–Crippen LogP) is 2.55. The molecule has 0 amide bonds. The Hall–Kier alpha value is -1.08. The third-order valence-electron chi connectivity index (χ3n) is 5.56. The van der Waals surface area contributed by atoms with Crippen LogP contribution in [0.2, 0.25) is 0 Å². The van der Waals surface area contributed by atoms with Gasteiger partial charge in [0.25, 0.3) is 0 Å². The van der Waals surface area contributed by atoms with E-state index in [2.05, 4.69) is 33.1 Å². The van der Waals surface area contributed by atoms with Gasteiger partial charge in [-0.3, -0.25) is 4.99 Å². The molecule has 1 aromatic heterocycles. The number of nitrogens with one attached hydrogen (secondary N) is 2. The molecule has 2 aliphatic rings. The second-order valence-corrected chi connectivity index (χ2v) is 10.6. The maximum Gasteiger partial charge on any atom is 0.191 e. The standard InChI is InChI=1S/C18H29N3O2S2/c1-19-17(20-12-15-7-11-25(22,23)13-15)21-14-18(8-3-2-4-9-18)16-6-5-10-24-16/h5-6,10,15H,2-4,7-9,11-14H2,1H3,(H2,19,20,21). The van der Waals surface area contributed by atoms with Crippen LogP contribution in [0.5, 0.6) is 0 Å². The van der Waals surface area contributed by atoms with Crippen molar-refractivity contribution in [3.05, 3.63) is 22.4 Å². The van der Waals surface area contributed by atoms with Gasteiger partial charge in [-0.25, -0.2) is 8.42 Å². The van der Waals surface area contributed by atoms with Crippen molar-refractivity contribution in [1.82, 2.24) is 10.6 Å². The van der Waals surface area contributed by atoms with E-state index in [0.29, 0.717) is 18.1 Å². The molecule has 1 unspecified atom stereocenters. The number of nitrogens with zero attached hydrogens (tertiary/aromatic N) is 1. The smallest absolute Gasteiger partial charge is 0.191 e. The Labute approximate surface area is 155 Å². The number of hydrogen-bond donors (Lipinski definition) is 2.